The standard InChI is InChI=1S/C23H29N3O4S/c1-23(2,3)22(27)25-13-10-18-19(11-14-25)30-20-8-4-5-9-21(20)31(28,29)26(18)16-17-7-6-12-24-15-17/h4-9,12,15,18-19H,10-11,13-14,16H2,1-3H3/t18-,19-/m1/s1. The van der Waals surface area contributed by atoms with Crippen molar-refractivity contribution in [3.63, 3.8) is 0 Å². The lowest BCUT2D eigenvalue weighted by molar-refractivity contribution is -0.139. The summed E-state index contributed by atoms with van der Waals surface area (Å²) in [5.74, 6) is 0.452. The normalized spacial score (nSPS) is 23.6. The molecular weight excluding hydrogens is 414 g/mol. The van der Waals surface area contributed by atoms with Crippen molar-refractivity contribution < 1.29 is 17.9 Å². The molecule has 4 rings (SSSR count). The van der Waals surface area contributed by atoms with Crippen LogP contribution in [0.4, 0.5) is 0 Å². The maximum absolute atomic E-state index is 13.7. The zero-order chi connectivity index (χ0) is 22.2. The number of pyridine rings is 1. The minimum Gasteiger partial charge on any atom is -0.487 e. The van der Waals surface area contributed by atoms with Gasteiger partial charge in [0.1, 0.15) is 16.7 Å². The number of carbonyl (C=O) groups excluding carboxylic acids is 1. The number of hydrogen-bond acceptors (Lipinski definition) is 5. The largest absolute Gasteiger partial charge is 0.487 e. The van der Waals surface area contributed by atoms with Crippen LogP contribution in [0, 0.1) is 5.41 Å². The van der Waals surface area contributed by atoms with Crippen LogP contribution in [0.5, 0.6) is 5.75 Å². The van der Waals surface area contributed by atoms with Crippen molar-refractivity contribution in [3.05, 3.63) is 54.4 Å². The smallest absolute Gasteiger partial charge is 0.247 e. The Labute approximate surface area is 184 Å². The van der Waals surface area contributed by atoms with E-state index in [1.54, 1.807) is 47.0 Å². The Morgan fingerprint density at radius 3 is 2.58 bits per heavy atom. The van der Waals surface area contributed by atoms with Crippen LogP contribution in [0.2, 0.25) is 0 Å². The number of nitrogens with zero attached hydrogens (tertiary/aromatic N) is 3. The Balaban J connectivity index is 1.73. The number of sulfonamides is 1. The van der Waals surface area contributed by atoms with Gasteiger partial charge in [0.25, 0.3) is 0 Å². The average molecular weight is 444 g/mol. The van der Waals surface area contributed by atoms with Gasteiger partial charge in [0.15, 0.2) is 0 Å². The number of fused-ring (bicyclic) bond motifs is 2. The van der Waals surface area contributed by atoms with Gasteiger partial charge in [0.2, 0.25) is 15.9 Å². The summed E-state index contributed by atoms with van der Waals surface area (Å²) in [5.41, 5.74) is 0.331. The lowest BCUT2D eigenvalue weighted by Gasteiger charge is -2.32. The molecule has 2 aliphatic heterocycles. The summed E-state index contributed by atoms with van der Waals surface area (Å²) in [6, 6.07) is 10.1. The minimum atomic E-state index is -3.79. The maximum atomic E-state index is 13.7. The second kappa shape index (κ2) is 8.24. The van der Waals surface area contributed by atoms with E-state index in [1.807, 2.05) is 31.7 Å². The molecule has 7 nitrogen and oxygen atoms in total. The van der Waals surface area contributed by atoms with E-state index in [4.69, 9.17) is 4.74 Å². The molecule has 2 aromatic rings. The molecule has 1 fully saturated rings. The van der Waals surface area contributed by atoms with E-state index < -0.39 is 15.4 Å². The van der Waals surface area contributed by atoms with Gasteiger partial charge in [0, 0.05) is 43.9 Å². The number of ether oxygens (including phenoxy) is 1. The second-order valence-electron chi connectivity index (χ2n) is 9.20. The molecule has 0 saturated carbocycles. The fourth-order valence-corrected chi connectivity index (χ4v) is 6.10. The van der Waals surface area contributed by atoms with Crippen LogP contribution in [0.15, 0.2) is 53.7 Å². The fourth-order valence-electron chi connectivity index (χ4n) is 4.31. The summed E-state index contributed by atoms with van der Waals surface area (Å²) in [5, 5.41) is 0. The van der Waals surface area contributed by atoms with E-state index >= 15 is 0 Å². The van der Waals surface area contributed by atoms with Gasteiger partial charge in [-0.2, -0.15) is 4.31 Å². The molecule has 0 unspecified atom stereocenters. The monoisotopic (exact) mass is 443 g/mol. The second-order valence-corrected chi connectivity index (χ2v) is 11.1. The third-order valence-corrected chi connectivity index (χ3v) is 7.79. The maximum Gasteiger partial charge on any atom is 0.247 e. The van der Waals surface area contributed by atoms with E-state index in [2.05, 4.69) is 4.98 Å². The molecule has 1 aromatic heterocycles. The first-order chi connectivity index (χ1) is 14.7. The van der Waals surface area contributed by atoms with E-state index in [0.29, 0.717) is 31.7 Å². The quantitative estimate of drug-likeness (QED) is 0.713. The fraction of sp³-hybridized carbons (Fsp3) is 0.478. The van der Waals surface area contributed by atoms with Crippen LogP contribution in [0.25, 0.3) is 0 Å². The number of amides is 1. The van der Waals surface area contributed by atoms with Crippen LogP contribution in [0.3, 0.4) is 0 Å². The molecule has 1 amide bonds. The van der Waals surface area contributed by atoms with E-state index in [-0.39, 0.29) is 29.5 Å². The lowest BCUT2D eigenvalue weighted by atomic mass is 9.94. The highest BCUT2D eigenvalue weighted by Crippen LogP contribution is 2.37. The number of para-hydroxylation sites is 1. The first-order valence-corrected chi connectivity index (χ1v) is 12.1. The number of rotatable bonds is 2. The van der Waals surface area contributed by atoms with E-state index in [9.17, 15) is 13.2 Å². The molecule has 166 valence electrons. The van der Waals surface area contributed by atoms with Crippen molar-refractivity contribution >= 4 is 15.9 Å². The van der Waals surface area contributed by atoms with Crippen LogP contribution in [-0.2, 0) is 21.4 Å². The van der Waals surface area contributed by atoms with Gasteiger partial charge in [0.05, 0.1) is 6.04 Å². The summed E-state index contributed by atoms with van der Waals surface area (Å²) >= 11 is 0. The zero-order valence-electron chi connectivity index (χ0n) is 18.2. The third-order valence-electron chi connectivity index (χ3n) is 5.88. The van der Waals surface area contributed by atoms with Crippen LogP contribution >= 0.6 is 0 Å². The van der Waals surface area contributed by atoms with Crippen molar-refractivity contribution in [2.45, 2.75) is 57.2 Å². The molecule has 3 heterocycles. The summed E-state index contributed by atoms with van der Waals surface area (Å²) in [4.78, 5) is 19.1. The predicted molar refractivity (Wildman–Crippen MR) is 117 cm³/mol. The lowest BCUT2D eigenvalue weighted by Crippen LogP contribution is -2.46. The van der Waals surface area contributed by atoms with Crippen molar-refractivity contribution in [2.24, 2.45) is 5.41 Å². The summed E-state index contributed by atoms with van der Waals surface area (Å²) in [7, 11) is -3.79. The van der Waals surface area contributed by atoms with Gasteiger partial charge >= 0.3 is 0 Å². The highest BCUT2D eigenvalue weighted by molar-refractivity contribution is 7.89. The number of aromatic nitrogens is 1. The number of carbonyl (C=O) groups is 1. The van der Waals surface area contributed by atoms with Gasteiger partial charge < -0.3 is 9.64 Å². The Morgan fingerprint density at radius 1 is 1.13 bits per heavy atom. The molecule has 2 aliphatic rings. The highest BCUT2D eigenvalue weighted by Gasteiger charge is 2.44. The third kappa shape index (κ3) is 4.32. The number of benzene rings is 1. The molecule has 1 aromatic carbocycles. The van der Waals surface area contributed by atoms with Crippen molar-refractivity contribution in [1.29, 1.82) is 0 Å². The molecule has 0 spiro atoms. The molecular formula is C23H29N3O4S. The Kier molecular flexibility index (Phi) is 5.79. The van der Waals surface area contributed by atoms with Gasteiger partial charge in [-0.3, -0.25) is 9.78 Å². The topological polar surface area (TPSA) is 79.8 Å². The highest BCUT2D eigenvalue weighted by atomic mass is 32.2. The molecule has 1 saturated heterocycles. The molecule has 2 atom stereocenters. The van der Waals surface area contributed by atoms with Crippen molar-refractivity contribution in [2.75, 3.05) is 13.1 Å². The number of likely N-dealkylation sites (tertiary alicyclic amines) is 1. The molecule has 0 radical (unpaired) electrons. The van der Waals surface area contributed by atoms with Crippen LogP contribution in [-0.4, -0.2) is 53.7 Å². The first-order valence-electron chi connectivity index (χ1n) is 10.6. The summed E-state index contributed by atoms with van der Waals surface area (Å²) in [6.45, 7) is 6.97. The Hall–Kier alpha value is -2.45. The zero-order valence-corrected chi connectivity index (χ0v) is 19.0. The SMILES string of the molecule is CC(C)(C)C(=O)N1CC[C@@H]2[C@@H](CC1)Oc1ccccc1S(=O)(=O)N2Cc1cccnc1. The molecule has 31 heavy (non-hydrogen) atoms. The summed E-state index contributed by atoms with van der Waals surface area (Å²) in [6.07, 6.45) is 4.10. The predicted octanol–water partition coefficient (Wildman–Crippen LogP) is 3.07. The van der Waals surface area contributed by atoms with Crippen LogP contribution < -0.4 is 4.74 Å². The Morgan fingerprint density at radius 2 is 1.87 bits per heavy atom. The minimum absolute atomic E-state index is 0.0750. The first kappa shape index (κ1) is 21.8. The summed E-state index contributed by atoms with van der Waals surface area (Å²) < 4.78 is 35.3. The Bertz CT molecular complexity index is 1050. The van der Waals surface area contributed by atoms with Crippen LogP contribution in [0.1, 0.15) is 39.2 Å². The van der Waals surface area contributed by atoms with Gasteiger partial charge in [-0.25, -0.2) is 8.42 Å². The van der Waals surface area contributed by atoms with Gasteiger partial charge in [-0.15, -0.1) is 0 Å². The molecule has 0 bridgehead atoms. The van der Waals surface area contributed by atoms with Gasteiger partial charge in [-0.1, -0.05) is 39.0 Å². The molecule has 8 heteroatoms. The van der Waals surface area contributed by atoms with E-state index in [0.717, 1.165) is 5.56 Å². The molecule has 0 N–H and O–H groups in total. The van der Waals surface area contributed by atoms with Gasteiger partial charge in [-0.05, 0) is 30.2 Å². The average Bonchev–Trinajstić information content (AvgIpc) is 2.98. The number of hydrogen-bond donors (Lipinski definition) is 0. The van der Waals surface area contributed by atoms with Crippen molar-refractivity contribution in [3.8, 4) is 5.75 Å². The van der Waals surface area contributed by atoms with E-state index in [1.165, 1.54) is 0 Å². The van der Waals surface area contributed by atoms with Crippen molar-refractivity contribution in [1.82, 2.24) is 14.2 Å². The molecule has 0 aliphatic carbocycles.